The maximum atomic E-state index is 10.8. The highest BCUT2D eigenvalue weighted by atomic mass is 16.3. The number of hydrogen-bond acceptors (Lipinski definition) is 3. The molecule has 124 valence electrons. The average molecular weight is 314 g/mol. The molecular weight excluding hydrogens is 288 g/mol. The van der Waals surface area contributed by atoms with Crippen LogP contribution in [-0.4, -0.2) is 28.5 Å². The van der Waals surface area contributed by atoms with E-state index in [1.807, 2.05) is 70.2 Å². The molecule has 0 aliphatic rings. The van der Waals surface area contributed by atoms with Gasteiger partial charge < -0.3 is 15.3 Å². The van der Waals surface area contributed by atoms with Gasteiger partial charge in [-0.2, -0.15) is 0 Å². The molecule has 0 saturated heterocycles. The summed E-state index contributed by atoms with van der Waals surface area (Å²) in [6, 6.07) is 13.5. The van der Waals surface area contributed by atoms with Crippen LogP contribution in [0.1, 0.15) is 38.8 Å². The highest BCUT2D eigenvalue weighted by molar-refractivity contribution is 5.73. The zero-order valence-electron chi connectivity index (χ0n) is 14.3. The molecule has 3 nitrogen and oxygen atoms in total. The Hall–Kier alpha value is -1.84. The monoisotopic (exact) mass is 314 g/mol. The Morgan fingerprint density at radius 3 is 1.91 bits per heavy atom. The highest BCUT2D eigenvalue weighted by Gasteiger charge is 2.29. The van der Waals surface area contributed by atoms with Crippen LogP contribution in [0.2, 0.25) is 0 Å². The Balaban J connectivity index is 2.76. The van der Waals surface area contributed by atoms with Crippen molar-refractivity contribution in [2.45, 2.75) is 38.5 Å². The second-order valence-electron chi connectivity index (χ2n) is 7.37. The third-order valence-electron chi connectivity index (χ3n) is 4.50. The number of hydrogen-bond donors (Lipinski definition) is 3. The Morgan fingerprint density at radius 2 is 1.39 bits per heavy atom. The first-order chi connectivity index (χ1) is 10.7. The van der Waals surface area contributed by atoms with Gasteiger partial charge in [-0.15, -0.1) is 0 Å². The molecule has 0 aliphatic carbocycles. The average Bonchev–Trinajstić information content (AvgIpc) is 2.55. The fourth-order valence-electron chi connectivity index (χ4n) is 2.56. The van der Waals surface area contributed by atoms with E-state index in [9.17, 15) is 15.3 Å². The lowest BCUT2D eigenvalue weighted by molar-refractivity contribution is 0.212. The van der Waals surface area contributed by atoms with Crippen molar-refractivity contribution in [2.24, 2.45) is 0 Å². The van der Waals surface area contributed by atoms with E-state index in [0.717, 1.165) is 16.7 Å². The Labute approximate surface area is 138 Å². The van der Waals surface area contributed by atoms with Crippen LogP contribution in [0, 0.1) is 0 Å². The molecule has 0 atom stereocenters. The fourth-order valence-corrected chi connectivity index (χ4v) is 2.56. The molecule has 3 N–H and O–H groups in total. The number of phenolic OH excluding ortho intramolecular Hbond substituents is 1. The molecule has 0 amide bonds. The van der Waals surface area contributed by atoms with E-state index in [1.165, 1.54) is 0 Å². The molecular formula is C20H26O3. The third-order valence-corrected chi connectivity index (χ3v) is 4.50. The minimum absolute atomic E-state index is 0.00496. The Morgan fingerprint density at radius 1 is 0.826 bits per heavy atom. The molecule has 0 bridgehead atoms. The molecule has 3 heteroatoms. The van der Waals surface area contributed by atoms with Crippen LogP contribution in [0.15, 0.2) is 42.5 Å². The van der Waals surface area contributed by atoms with Crippen molar-refractivity contribution in [3.05, 3.63) is 53.6 Å². The molecule has 2 aromatic rings. The molecule has 2 rings (SSSR count). The number of aliphatic hydroxyl groups is 2. The van der Waals surface area contributed by atoms with Crippen LogP contribution in [0.25, 0.3) is 11.1 Å². The molecule has 2 aromatic carbocycles. The van der Waals surface area contributed by atoms with Gasteiger partial charge in [-0.3, -0.25) is 0 Å². The summed E-state index contributed by atoms with van der Waals surface area (Å²) < 4.78 is 0. The number of phenols is 1. The molecule has 0 saturated carbocycles. The first kappa shape index (κ1) is 17.5. The van der Waals surface area contributed by atoms with E-state index < -0.39 is 10.8 Å². The third kappa shape index (κ3) is 3.41. The van der Waals surface area contributed by atoms with E-state index in [1.54, 1.807) is 0 Å². The largest absolute Gasteiger partial charge is 0.507 e. The lowest BCUT2D eigenvalue weighted by Crippen LogP contribution is -2.26. The zero-order valence-corrected chi connectivity index (χ0v) is 14.3. The van der Waals surface area contributed by atoms with Gasteiger partial charge in [0.2, 0.25) is 0 Å². The first-order valence-electron chi connectivity index (χ1n) is 7.88. The molecule has 0 fully saturated rings. The predicted molar refractivity (Wildman–Crippen MR) is 93.8 cm³/mol. The number of aliphatic hydroxyl groups excluding tert-OH is 2. The summed E-state index contributed by atoms with van der Waals surface area (Å²) in [5, 5.41) is 30.2. The molecule has 0 aromatic heterocycles. The second kappa shape index (κ2) is 6.34. The predicted octanol–water partition coefficient (Wildman–Crippen LogP) is 3.60. The van der Waals surface area contributed by atoms with Crippen LogP contribution in [0.5, 0.6) is 5.75 Å². The summed E-state index contributed by atoms with van der Waals surface area (Å²) in [5.74, 6) is 0.188. The van der Waals surface area contributed by atoms with E-state index in [2.05, 4.69) is 0 Å². The Bertz CT molecular complexity index is 673. The smallest absolute Gasteiger partial charge is 0.127 e. The standard InChI is InChI=1S/C20H26O3/c1-19(2,12-21)15-10-16(14-8-6-5-7-9-14)18(23)17(11-15)20(3,4)13-22/h5-11,21-23H,12-13H2,1-4H3. The zero-order chi connectivity index (χ0) is 17.3. The lowest BCUT2D eigenvalue weighted by Gasteiger charge is -2.29. The summed E-state index contributed by atoms with van der Waals surface area (Å²) >= 11 is 0. The Kier molecular flexibility index (Phi) is 4.83. The van der Waals surface area contributed by atoms with Crippen LogP contribution in [-0.2, 0) is 10.8 Å². The molecule has 23 heavy (non-hydrogen) atoms. The van der Waals surface area contributed by atoms with Gasteiger partial charge in [-0.25, -0.2) is 0 Å². The highest BCUT2D eigenvalue weighted by Crippen LogP contribution is 2.41. The van der Waals surface area contributed by atoms with Crippen molar-refractivity contribution in [1.29, 1.82) is 0 Å². The van der Waals surface area contributed by atoms with Crippen LogP contribution < -0.4 is 0 Å². The van der Waals surface area contributed by atoms with Gasteiger partial charge >= 0.3 is 0 Å². The van der Waals surface area contributed by atoms with Crippen molar-refractivity contribution in [1.82, 2.24) is 0 Å². The summed E-state index contributed by atoms with van der Waals surface area (Å²) in [5.41, 5.74) is 2.26. The van der Waals surface area contributed by atoms with Crippen molar-refractivity contribution >= 4 is 0 Å². The minimum Gasteiger partial charge on any atom is -0.507 e. The van der Waals surface area contributed by atoms with Crippen molar-refractivity contribution in [3.63, 3.8) is 0 Å². The van der Waals surface area contributed by atoms with E-state index >= 15 is 0 Å². The second-order valence-corrected chi connectivity index (χ2v) is 7.37. The summed E-state index contributed by atoms with van der Waals surface area (Å²) in [6.45, 7) is 7.65. The van der Waals surface area contributed by atoms with Crippen LogP contribution >= 0.6 is 0 Å². The lowest BCUT2D eigenvalue weighted by atomic mass is 9.77. The van der Waals surface area contributed by atoms with Gasteiger partial charge in [0, 0.05) is 22.0 Å². The maximum Gasteiger partial charge on any atom is 0.127 e. The van der Waals surface area contributed by atoms with E-state index in [-0.39, 0.29) is 19.0 Å². The normalized spacial score (nSPS) is 12.4. The molecule has 0 heterocycles. The number of benzene rings is 2. The van der Waals surface area contributed by atoms with E-state index in [0.29, 0.717) is 5.56 Å². The molecule has 0 unspecified atom stereocenters. The van der Waals surface area contributed by atoms with Crippen molar-refractivity contribution < 1.29 is 15.3 Å². The van der Waals surface area contributed by atoms with Gasteiger partial charge in [0.05, 0.1) is 13.2 Å². The van der Waals surface area contributed by atoms with Crippen LogP contribution in [0.4, 0.5) is 0 Å². The van der Waals surface area contributed by atoms with Crippen molar-refractivity contribution in [3.8, 4) is 16.9 Å². The van der Waals surface area contributed by atoms with Gasteiger partial charge in [-0.05, 0) is 17.2 Å². The van der Waals surface area contributed by atoms with Gasteiger partial charge in [0.1, 0.15) is 5.75 Å². The van der Waals surface area contributed by atoms with Gasteiger partial charge in [0.25, 0.3) is 0 Å². The van der Waals surface area contributed by atoms with Crippen molar-refractivity contribution in [2.75, 3.05) is 13.2 Å². The first-order valence-corrected chi connectivity index (χ1v) is 7.88. The quantitative estimate of drug-likeness (QED) is 0.790. The summed E-state index contributed by atoms with van der Waals surface area (Å²) in [6.07, 6.45) is 0. The molecule has 0 spiro atoms. The minimum atomic E-state index is -0.574. The number of rotatable bonds is 5. The summed E-state index contributed by atoms with van der Waals surface area (Å²) in [4.78, 5) is 0. The number of aromatic hydroxyl groups is 1. The van der Waals surface area contributed by atoms with E-state index in [4.69, 9.17) is 0 Å². The fraction of sp³-hybridized carbons (Fsp3) is 0.400. The van der Waals surface area contributed by atoms with Gasteiger partial charge in [0.15, 0.2) is 0 Å². The SMILES string of the molecule is CC(C)(CO)c1cc(-c2ccccc2)c(O)c(C(C)(C)CO)c1. The summed E-state index contributed by atoms with van der Waals surface area (Å²) in [7, 11) is 0. The maximum absolute atomic E-state index is 10.8. The molecule has 0 radical (unpaired) electrons. The van der Waals surface area contributed by atoms with Crippen LogP contribution in [0.3, 0.4) is 0 Å². The van der Waals surface area contributed by atoms with Gasteiger partial charge in [-0.1, -0.05) is 64.1 Å². The topological polar surface area (TPSA) is 60.7 Å². The molecule has 0 aliphatic heterocycles.